The summed E-state index contributed by atoms with van der Waals surface area (Å²) in [5, 5.41) is 17.0. The Morgan fingerprint density at radius 2 is 1.89 bits per heavy atom. The van der Waals surface area contributed by atoms with Crippen LogP contribution in [0.25, 0.3) is 0 Å². The number of benzene rings is 2. The quantitative estimate of drug-likeness (QED) is 0.441. The lowest BCUT2D eigenvalue weighted by Gasteiger charge is -2.10. The fourth-order valence-corrected chi connectivity index (χ4v) is 2.56. The van der Waals surface area contributed by atoms with E-state index in [0.717, 1.165) is 5.56 Å². The van der Waals surface area contributed by atoms with E-state index in [4.69, 9.17) is 9.15 Å². The van der Waals surface area contributed by atoms with Crippen molar-refractivity contribution in [3.63, 3.8) is 0 Å². The van der Waals surface area contributed by atoms with E-state index >= 15 is 0 Å². The Labute approximate surface area is 161 Å². The zero-order chi connectivity index (χ0) is 19.9. The summed E-state index contributed by atoms with van der Waals surface area (Å²) in [4.78, 5) is 22.5. The molecule has 0 aliphatic carbocycles. The zero-order valence-corrected chi connectivity index (χ0v) is 15.2. The molecule has 28 heavy (non-hydrogen) atoms. The average molecular weight is 381 g/mol. The van der Waals surface area contributed by atoms with Gasteiger partial charge in [0, 0.05) is 30.1 Å². The number of carbonyl (C=O) groups is 1. The van der Waals surface area contributed by atoms with Gasteiger partial charge in [-0.3, -0.25) is 14.9 Å². The van der Waals surface area contributed by atoms with Crippen LogP contribution in [0.2, 0.25) is 0 Å². The molecule has 0 saturated carbocycles. The molecule has 8 heteroatoms. The number of nitro groups is 1. The third-order valence-corrected chi connectivity index (χ3v) is 3.91. The van der Waals surface area contributed by atoms with E-state index in [2.05, 4.69) is 10.6 Å². The van der Waals surface area contributed by atoms with Crippen LogP contribution in [-0.4, -0.2) is 17.4 Å². The van der Waals surface area contributed by atoms with Crippen molar-refractivity contribution in [3.8, 4) is 5.75 Å². The van der Waals surface area contributed by atoms with E-state index in [1.165, 1.54) is 12.3 Å². The molecule has 0 spiro atoms. The molecule has 3 aromatic rings. The zero-order valence-electron chi connectivity index (χ0n) is 15.2. The average Bonchev–Trinajstić information content (AvgIpc) is 3.23. The molecule has 1 heterocycles. The minimum atomic E-state index is -0.468. The van der Waals surface area contributed by atoms with Crippen LogP contribution in [0.1, 0.15) is 23.0 Å². The molecule has 0 aliphatic heterocycles. The standard InChI is InChI=1S/C20H19N3O5/c1-2-27-19-12-16(9-10-17(19)23(25)26)21-13-14-5-7-15(8-6-14)22-20(24)18-4-3-11-28-18/h3-12,21H,2,13H2,1H3,(H,22,24). The van der Waals surface area contributed by atoms with E-state index < -0.39 is 4.92 Å². The molecule has 8 nitrogen and oxygen atoms in total. The Hall–Kier alpha value is -3.81. The van der Waals surface area contributed by atoms with Crippen LogP contribution in [0, 0.1) is 10.1 Å². The van der Waals surface area contributed by atoms with Crippen molar-refractivity contribution in [2.24, 2.45) is 0 Å². The third kappa shape index (κ3) is 4.67. The van der Waals surface area contributed by atoms with Crippen LogP contribution in [0.3, 0.4) is 0 Å². The number of nitrogens with zero attached hydrogens (tertiary/aromatic N) is 1. The molecular weight excluding hydrogens is 362 g/mol. The number of amides is 1. The Bertz CT molecular complexity index is 952. The summed E-state index contributed by atoms with van der Waals surface area (Å²) >= 11 is 0. The molecule has 1 amide bonds. The fourth-order valence-electron chi connectivity index (χ4n) is 2.56. The van der Waals surface area contributed by atoms with Crippen molar-refractivity contribution in [1.82, 2.24) is 0 Å². The topological polar surface area (TPSA) is 107 Å². The molecule has 0 unspecified atom stereocenters. The van der Waals surface area contributed by atoms with Crippen molar-refractivity contribution in [3.05, 3.63) is 82.3 Å². The van der Waals surface area contributed by atoms with E-state index in [0.29, 0.717) is 24.5 Å². The third-order valence-electron chi connectivity index (χ3n) is 3.91. The predicted octanol–water partition coefficient (Wildman–Crippen LogP) is 4.45. The molecule has 3 rings (SSSR count). The van der Waals surface area contributed by atoms with Crippen LogP contribution >= 0.6 is 0 Å². The van der Waals surface area contributed by atoms with Gasteiger partial charge in [0.2, 0.25) is 0 Å². The minimum Gasteiger partial charge on any atom is -0.487 e. The molecule has 0 fully saturated rings. The Morgan fingerprint density at radius 3 is 2.54 bits per heavy atom. The lowest BCUT2D eigenvalue weighted by atomic mass is 10.2. The summed E-state index contributed by atoms with van der Waals surface area (Å²) in [6.45, 7) is 2.63. The maximum absolute atomic E-state index is 12.0. The lowest BCUT2D eigenvalue weighted by molar-refractivity contribution is -0.385. The van der Waals surface area contributed by atoms with Gasteiger partial charge in [-0.15, -0.1) is 0 Å². The van der Waals surface area contributed by atoms with Crippen molar-refractivity contribution in [2.75, 3.05) is 17.2 Å². The number of ether oxygens (including phenoxy) is 1. The largest absolute Gasteiger partial charge is 0.487 e. The van der Waals surface area contributed by atoms with Gasteiger partial charge in [-0.2, -0.15) is 0 Å². The van der Waals surface area contributed by atoms with Crippen LogP contribution in [-0.2, 0) is 6.54 Å². The number of carbonyl (C=O) groups excluding carboxylic acids is 1. The highest BCUT2D eigenvalue weighted by atomic mass is 16.6. The van der Waals surface area contributed by atoms with Crippen molar-refractivity contribution >= 4 is 23.0 Å². The highest BCUT2D eigenvalue weighted by molar-refractivity contribution is 6.02. The molecule has 0 bridgehead atoms. The van der Waals surface area contributed by atoms with Gasteiger partial charge < -0.3 is 19.8 Å². The summed E-state index contributed by atoms with van der Waals surface area (Å²) in [6.07, 6.45) is 1.44. The first kappa shape index (κ1) is 19.0. The molecular formula is C20H19N3O5. The van der Waals surface area contributed by atoms with E-state index in [-0.39, 0.29) is 23.1 Å². The van der Waals surface area contributed by atoms with Gasteiger partial charge in [-0.25, -0.2) is 0 Å². The molecule has 2 N–H and O–H groups in total. The van der Waals surface area contributed by atoms with Crippen LogP contribution in [0.5, 0.6) is 5.75 Å². The molecule has 144 valence electrons. The van der Waals surface area contributed by atoms with Gasteiger partial charge in [-0.05, 0) is 42.8 Å². The number of nitro benzene ring substituents is 1. The monoisotopic (exact) mass is 381 g/mol. The molecule has 0 atom stereocenters. The number of hydrogen-bond acceptors (Lipinski definition) is 6. The summed E-state index contributed by atoms with van der Waals surface area (Å²) in [5.41, 5.74) is 2.28. The Kier molecular flexibility index (Phi) is 5.91. The Balaban J connectivity index is 1.61. The molecule has 0 saturated heterocycles. The number of nitrogens with one attached hydrogen (secondary N) is 2. The second-order valence-corrected chi connectivity index (χ2v) is 5.85. The van der Waals surface area contributed by atoms with Gasteiger partial charge in [-0.1, -0.05) is 12.1 Å². The van der Waals surface area contributed by atoms with Gasteiger partial charge in [0.1, 0.15) is 0 Å². The normalized spacial score (nSPS) is 10.3. The maximum Gasteiger partial charge on any atom is 0.311 e. The Morgan fingerprint density at radius 1 is 1.14 bits per heavy atom. The molecule has 1 aromatic heterocycles. The van der Waals surface area contributed by atoms with Gasteiger partial charge in [0.15, 0.2) is 11.5 Å². The van der Waals surface area contributed by atoms with Crippen LogP contribution in [0.4, 0.5) is 17.1 Å². The minimum absolute atomic E-state index is 0.0657. The number of anilines is 2. The second kappa shape index (κ2) is 8.72. The predicted molar refractivity (Wildman–Crippen MR) is 105 cm³/mol. The number of furan rings is 1. The summed E-state index contributed by atoms with van der Waals surface area (Å²) in [6, 6.07) is 15.2. The molecule has 0 radical (unpaired) electrons. The van der Waals surface area contributed by atoms with E-state index in [1.54, 1.807) is 43.3 Å². The van der Waals surface area contributed by atoms with Gasteiger partial charge in [0.05, 0.1) is 17.8 Å². The van der Waals surface area contributed by atoms with Gasteiger partial charge in [0.25, 0.3) is 5.91 Å². The van der Waals surface area contributed by atoms with Crippen molar-refractivity contribution in [1.29, 1.82) is 0 Å². The first-order valence-electron chi connectivity index (χ1n) is 8.65. The fraction of sp³-hybridized carbons (Fsp3) is 0.150. The maximum atomic E-state index is 12.0. The van der Waals surface area contributed by atoms with Gasteiger partial charge >= 0.3 is 5.69 Å². The van der Waals surface area contributed by atoms with E-state index in [1.807, 2.05) is 12.1 Å². The SMILES string of the molecule is CCOc1cc(NCc2ccc(NC(=O)c3ccco3)cc2)ccc1[N+](=O)[O-]. The smallest absolute Gasteiger partial charge is 0.311 e. The molecule has 2 aromatic carbocycles. The lowest BCUT2D eigenvalue weighted by Crippen LogP contribution is -2.10. The highest BCUT2D eigenvalue weighted by Crippen LogP contribution is 2.30. The number of rotatable bonds is 8. The van der Waals surface area contributed by atoms with E-state index in [9.17, 15) is 14.9 Å². The van der Waals surface area contributed by atoms with Crippen molar-refractivity contribution in [2.45, 2.75) is 13.5 Å². The second-order valence-electron chi connectivity index (χ2n) is 5.85. The first-order chi connectivity index (χ1) is 13.6. The number of hydrogen-bond donors (Lipinski definition) is 2. The first-order valence-corrected chi connectivity index (χ1v) is 8.65. The molecule has 0 aliphatic rings. The summed E-state index contributed by atoms with van der Waals surface area (Å²) in [7, 11) is 0. The summed E-state index contributed by atoms with van der Waals surface area (Å²) in [5.74, 6) is 0.160. The van der Waals surface area contributed by atoms with Crippen molar-refractivity contribution < 1.29 is 18.9 Å². The highest BCUT2D eigenvalue weighted by Gasteiger charge is 2.15. The van der Waals surface area contributed by atoms with Crippen LogP contribution < -0.4 is 15.4 Å². The summed E-state index contributed by atoms with van der Waals surface area (Å²) < 4.78 is 10.4. The van der Waals surface area contributed by atoms with Crippen LogP contribution in [0.15, 0.2) is 65.3 Å².